The minimum Gasteiger partial charge on any atom is -0.448 e. The summed E-state index contributed by atoms with van der Waals surface area (Å²) in [5.41, 5.74) is 2.89. The fourth-order valence-corrected chi connectivity index (χ4v) is 4.81. The van der Waals surface area contributed by atoms with Crippen LogP contribution in [0.3, 0.4) is 0 Å². The molecular formula is C21H19N3O5S2. The molecule has 1 unspecified atom stereocenters. The molecule has 1 aliphatic heterocycles. The normalized spacial score (nSPS) is 15.8. The van der Waals surface area contributed by atoms with E-state index in [0.29, 0.717) is 23.5 Å². The number of thiazole rings is 1. The average molecular weight is 458 g/mol. The molecule has 2 heterocycles. The minimum atomic E-state index is -3.74. The summed E-state index contributed by atoms with van der Waals surface area (Å²) in [6.07, 6.45) is -0.0851. The quantitative estimate of drug-likeness (QED) is 0.566. The highest BCUT2D eigenvalue weighted by atomic mass is 32.2. The maximum Gasteiger partial charge on any atom is 0.339 e. The number of aryl methyl sites for hydroxylation is 1. The number of carbonyl (C=O) groups excluding carboxylic acids is 2. The molecule has 0 saturated heterocycles. The molecule has 0 fully saturated rings. The molecule has 10 heteroatoms. The Balaban J connectivity index is 1.44. The first-order valence-electron chi connectivity index (χ1n) is 9.38. The minimum absolute atomic E-state index is 0.0498. The Morgan fingerprint density at radius 2 is 1.94 bits per heavy atom. The topological polar surface area (TPSA) is 128 Å². The van der Waals surface area contributed by atoms with Crippen LogP contribution in [0.5, 0.6) is 0 Å². The number of cyclic esters (lactones) is 1. The number of ether oxygens (including phenoxy) is 1. The van der Waals surface area contributed by atoms with Gasteiger partial charge in [-0.1, -0.05) is 30.3 Å². The number of carbonyl (C=O) groups is 2. The van der Waals surface area contributed by atoms with Gasteiger partial charge in [0.05, 0.1) is 16.2 Å². The third kappa shape index (κ3) is 4.66. The number of hydrogen-bond acceptors (Lipinski definition) is 7. The number of nitrogens with two attached hydrogens (primary N) is 1. The number of rotatable bonds is 5. The zero-order chi connectivity index (χ0) is 22.2. The first-order valence-corrected chi connectivity index (χ1v) is 11.7. The first kappa shape index (κ1) is 21.2. The molecule has 1 atom stereocenters. The number of hydrogen-bond donors (Lipinski definition) is 2. The third-order valence-corrected chi connectivity index (χ3v) is 6.93. The number of sulfonamides is 1. The van der Waals surface area contributed by atoms with Crippen molar-refractivity contribution in [2.45, 2.75) is 30.8 Å². The van der Waals surface area contributed by atoms with Gasteiger partial charge < -0.3 is 4.74 Å². The molecule has 31 heavy (non-hydrogen) atoms. The monoisotopic (exact) mass is 457 g/mol. The number of amides is 1. The molecule has 1 aliphatic rings. The predicted molar refractivity (Wildman–Crippen MR) is 115 cm³/mol. The lowest BCUT2D eigenvalue weighted by molar-refractivity contribution is -0.125. The summed E-state index contributed by atoms with van der Waals surface area (Å²) >= 11 is 1.32. The summed E-state index contributed by atoms with van der Waals surface area (Å²) in [7, 11) is -3.74. The zero-order valence-corrected chi connectivity index (χ0v) is 18.1. The van der Waals surface area contributed by atoms with Crippen LogP contribution in [-0.4, -0.2) is 31.4 Å². The van der Waals surface area contributed by atoms with Crippen molar-refractivity contribution in [1.29, 1.82) is 0 Å². The Bertz CT molecular complexity index is 1270. The van der Waals surface area contributed by atoms with Crippen molar-refractivity contribution in [3.63, 3.8) is 0 Å². The van der Waals surface area contributed by atoms with Gasteiger partial charge in [-0.2, -0.15) is 0 Å². The molecule has 0 radical (unpaired) electrons. The largest absolute Gasteiger partial charge is 0.448 e. The van der Waals surface area contributed by atoms with Crippen LogP contribution < -0.4 is 10.5 Å². The van der Waals surface area contributed by atoms with Crippen molar-refractivity contribution in [1.82, 2.24) is 4.98 Å². The summed E-state index contributed by atoms with van der Waals surface area (Å²) in [4.78, 5) is 30.1. The van der Waals surface area contributed by atoms with Gasteiger partial charge in [0.1, 0.15) is 0 Å². The van der Waals surface area contributed by atoms with E-state index in [-0.39, 0.29) is 4.90 Å². The summed E-state index contributed by atoms with van der Waals surface area (Å²) in [5, 5.41) is 8.27. The van der Waals surface area contributed by atoms with Crippen LogP contribution in [0.25, 0.3) is 0 Å². The Labute approximate surface area is 183 Å². The van der Waals surface area contributed by atoms with Crippen LogP contribution in [0, 0.1) is 6.92 Å². The van der Waals surface area contributed by atoms with Gasteiger partial charge in [0.25, 0.3) is 5.91 Å². The van der Waals surface area contributed by atoms with Gasteiger partial charge in [-0.15, -0.1) is 11.3 Å². The van der Waals surface area contributed by atoms with Crippen LogP contribution in [0.2, 0.25) is 0 Å². The van der Waals surface area contributed by atoms with Crippen LogP contribution in [0.1, 0.15) is 32.1 Å². The second-order valence-electron chi connectivity index (χ2n) is 7.14. The summed E-state index contributed by atoms with van der Waals surface area (Å²) < 4.78 is 28.0. The summed E-state index contributed by atoms with van der Waals surface area (Å²) in [6, 6.07) is 13.4. The van der Waals surface area contributed by atoms with Crippen molar-refractivity contribution in [3.8, 4) is 0 Å². The van der Waals surface area contributed by atoms with E-state index in [9.17, 15) is 18.0 Å². The van der Waals surface area contributed by atoms with Gasteiger partial charge in [0, 0.05) is 17.7 Å². The maximum absolute atomic E-state index is 12.6. The molecule has 0 saturated carbocycles. The molecule has 0 aliphatic carbocycles. The molecule has 0 spiro atoms. The number of benzene rings is 2. The van der Waals surface area contributed by atoms with E-state index in [1.165, 1.54) is 23.5 Å². The lowest BCUT2D eigenvalue weighted by Crippen LogP contribution is -2.37. The smallest absolute Gasteiger partial charge is 0.339 e. The highest BCUT2D eigenvalue weighted by Crippen LogP contribution is 2.27. The average Bonchev–Trinajstić information content (AvgIpc) is 3.06. The molecule has 160 valence electrons. The standard InChI is InChI=1S/C21H19N3O5S2/c1-12-18(10-13-6-8-15(9-7-13)31(22,27)28)30-21(23-12)24-19(25)17-11-14-4-2-3-5-16(14)20(26)29-17/h2-9,17H,10-11H2,1H3,(H2,22,27,28)(H,23,24,25). The van der Waals surface area contributed by atoms with E-state index in [2.05, 4.69) is 10.3 Å². The number of nitrogens with zero attached hydrogens (tertiary/aromatic N) is 1. The number of esters is 1. The molecule has 1 amide bonds. The Morgan fingerprint density at radius 3 is 2.65 bits per heavy atom. The van der Waals surface area contributed by atoms with Gasteiger partial charge >= 0.3 is 5.97 Å². The Morgan fingerprint density at radius 1 is 1.23 bits per heavy atom. The lowest BCUT2D eigenvalue weighted by atomic mass is 9.98. The lowest BCUT2D eigenvalue weighted by Gasteiger charge is -2.23. The first-order chi connectivity index (χ1) is 14.7. The number of anilines is 1. The second-order valence-corrected chi connectivity index (χ2v) is 9.78. The SMILES string of the molecule is Cc1nc(NC(=O)C2Cc3ccccc3C(=O)O2)sc1Cc1ccc(S(N)(=O)=O)cc1. The fraction of sp³-hybridized carbons (Fsp3) is 0.190. The molecule has 3 N–H and O–H groups in total. The highest BCUT2D eigenvalue weighted by molar-refractivity contribution is 7.89. The third-order valence-electron chi connectivity index (χ3n) is 4.92. The van der Waals surface area contributed by atoms with Gasteiger partial charge in [-0.3, -0.25) is 10.1 Å². The number of primary sulfonamides is 1. The maximum atomic E-state index is 12.6. The van der Waals surface area contributed by atoms with Gasteiger partial charge in [0.2, 0.25) is 10.0 Å². The van der Waals surface area contributed by atoms with E-state index < -0.39 is 28.0 Å². The second kappa shape index (κ2) is 8.22. The molecule has 3 aromatic rings. The van der Waals surface area contributed by atoms with Gasteiger partial charge in [-0.25, -0.2) is 23.3 Å². The van der Waals surface area contributed by atoms with Crippen LogP contribution in [-0.2, 0) is 32.4 Å². The van der Waals surface area contributed by atoms with E-state index in [1.807, 2.05) is 19.1 Å². The van der Waals surface area contributed by atoms with Crippen LogP contribution in [0.4, 0.5) is 5.13 Å². The predicted octanol–water partition coefficient (Wildman–Crippen LogP) is 2.41. The van der Waals surface area contributed by atoms with E-state index >= 15 is 0 Å². The number of nitrogens with one attached hydrogen (secondary N) is 1. The van der Waals surface area contributed by atoms with Crippen molar-refractivity contribution >= 4 is 38.4 Å². The molecule has 1 aromatic heterocycles. The van der Waals surface area contributed by atoms with E-state index in [1.54, 1.807) is 24.3 Å². The van der Waals surface area contributed by atoms with Crippen molar-refractivity contribution < 1.29 is 22.7 Å². The molecule has 4 rings (SSSR count). The number of fused-ring (bicyclic) bond motifs is 1. The summed E-state index contributed by atoms with van der Waals surface area (Å²) in [5.74, 6) is -0.943. The van der Waals surface area contributed by atoms with Crippen LogP contribution in [0.15, 0.2) is 53.4 Å². The van der Waals surface area contributed by atoms with Crippen LogP contribution >= 0.6 is 11.3 Å². The fourth-order valence-electron chi connectivity index (χ4n) is 3.29. The van der Waals surface area contributed by atoms with Crippen molar-refractivity contribution in [3.05, 3.63) is 75.8 Å². The molecule has 2 aromatic carbocycles. The van der Waals surface area contributed by atoms with Gasteiger partial charge in [-0.05, 0) is 36.2 Å². The number of aromatic nitrogens is 1. The summed E-state index contributed by atoms with van der Waals surface area (Å²) in [6.45, 7) is 1.83. The Hall–Kier alpha value is -3.08. The molecule has 8 nitrogen and oxygen atoms in total. The van der Waals surface area contributed by atoms with E-state index in [4.69, 9.17) is 9.88 Å². The molecular weight excluding hydrogens is 438 g/mol. The van der Waals surface area contributed by atoms with E-state index in [0.717, 1.165) is 21.7 Å². The van der Waals surface area contributed by atoms with Crippen molar-refractivity contribution in [2.24, 2.45) is 5.14 Å². The van der Waals surface area contributed by atoms with Crippen molar-refractivity contribution in [2.75, 3.05) is 5.32 Å². The Kier molecular flexibility index (Phi) is 5.61. The van der Waals surface area contributed by atoms with Gasteiger partial charge in [0.15, 0.2) is 11.2 Å². The zero-order valence-electron chi connectivity index (χ0n) is 16.5. The molecule has 0 bridgehead atoms. The highest BCUT2D eigenvalue weighted by Gasteiger charge is 2.31.